The van der Waals surface area contributed by atoms with E-state index in [4.69, 9.17) is 23.0 Å². The second-order valence-corrected chi connectivity index (χ2v) is 15.4. The molecule has 0 amide bonds. The molecule has 1 aliphatic carbocycles. The molecule has 5 rings (SSSR count). The van der Waals surface area contributed by atoms with E-state index in [1.54, 1.807) is 48.6 Å². The smallest absolute Gasteiger partial charge is 0.360 e. The van der Waals surface area contributed by atoms with E-state index in [2.05, 4.69) is 29.0 Å². The first-order valence-corrected chi connectivity index (χ1v) is 18.9. The summed E-state index contributed by atoms with van der Waals surface area (Å²) in [5.74, 6) is 0.208. The predicted octanol–water partition coefficient (Wildman–Crippen LogP) is 8.03. The molecule has 9 atom stereocenters. The molecule has 0 aromatic carbocycles. The number of fused-ring (bicyclic) bond motifs is 6. The summed E-state index contributed by atoms with van der Waals surface area (Å²) in [5, 5.41) is 21.9. The van der Waals surface area contributed by atoms with Crippen LogP contribution in [0.1, 0.15) is 94.1 Å². The van der Waals surface area contributed by atoms with Crippen molar-refractivity contribution in [2.45, 2.75) is 97.9 Å². The van der Waals surface area contributed by atoms with Gasteiger partial charge in [0.05, 0.1) is 12.2 Å². The Balaban J connectivity index is 1.37. The van der Waals surface area contributed by atoms with Crippen molar-refractivity contribution in [3.8, 4) is 0 Å². The first-order chi connectivity index (χ1) is 26.3. The third-order valence-corrected chi connectivity index (χ3v) is 10.7. The van der Waals surface area contributed by atoms with E-state index in [0.29, 0.717) is 30.6 Å². The lowest BCUT2D eigenvalue weighted by Gasteiger charge is -2.36. The molecular weight excluding hydrogens is 700 g/mol. The number of aromatic nitrogens is 2. The van der Waals surface area contributed by atoms with Gasteiger partial charge in [0.2, 0.25) is 11.8 Å². The molecule has 4 heterocycles. The summed E-state index contributed by atoms with van der Waals surface area (Å²) in [6.07, 6.45) is 29.3. The third-order valence-electron chi connectivity index (χ3n) is 10.7. The predicted molar refractivity (Wildman–Crippen MR) is 209 cm³/mol. The zero-order valence-corrected chi connectivity index (χ0v) is 32.6. The summed E-state index contributed by atoms with van der Waals surface area (Å²) in [5.41, 5.74) is -1.56. The molecule has 2 fully saturated rings. The van der Waals surface area contributed by atoms with Crippen molar-refractivity contribution in [1.29, 1.82) is 0 Å². The molecule has 2 aromatic rings. The van der Waals surface area contributed by atoms with Gasteiger partial charge >= 0.3 is 11.9 Å². The average molecular weight is 755 g/mol. The number of carbonyl (C=O) groups excluding carboxylic acids is 2. The number of hydrogen-bond donors (Lipinski definition) is 2. The van der Waals surface area contributed by atoms with Gasteiger partial charge in [-0.1, -0.05) is 120 Å². The Morgan fingerprint density at radius 3 is 1.65 bits per heavy atom. The van der Waals surface area contributed by atoms with E-state index in [1.807, 2.05) is 78.0 Å². The largest absolute Gasteiger partial charge is 0.457 e. The van der Waals surface area contributed by atoms with Gasteiger partial charge < -0.3 is 33.3 Å². The van der Waals surface area contributed by atoms with Crippen molar-refractivity contribution in [3.63, 3.8) is 0 Å². The van der Waals surface area contributed by atoms with Crippen LogP contribution in [0.3, 0.4) is 0 Å². The molecule has 2 N–H and O–H groups in total. The third kappa shape index (κ3) is 10.7. The van der Waals surface area contributed by atoms with Crippen LogP contribution in [0.4, 0.5) is 0 Å². The van der Waals surface area contributed by atoms with Crippen LogP contribution in [0.2, 0.25) is 0 Å². The number of rotatable bonds is 6. The second-order valence-electron chi connectivity index (χ2n) is 15.4. The molecule has 1 saturated heterocycles. The lowest BCUT2D eigenvalue weighted by atomic mass is 9.79. The molecule has 294 valence electrons. The van der Waals surface area contributed by atoms with Gasteiger partial charge in [0.25, 0.3) is 0 Å². The summed E-state index contributed by atoms with van der Waals surface area (Å²) >= 11 is 0. The Kier molecular flexibility index (Phi) is 13.7. The second kappa shape index (κ2) is 18.2. The molecule has 11 heteroatoms. The highest BCUT2D eigenvalue weighted by atomic mass is 16.6. The number of esters is 2. The maximum absolute atomic E-state index is 13.3. The highest BCUT2D eigenvalue weighted by Crippen LogP contribution is 2.48. The first kappa shape index (κ1) is 41.3. The van der Waals surface area contributed by atoms with Gasteiger partial charge in [-0.2, -0.15) is 0 Å². The quantitative estimate of drug-likeness (QED) is 0.167. The number of aliphatic hydroxyl groups excluding tert-OH is 2. The summed E-state index contributed by atoms with van der Waals surface area (Å²) < 4.78 is 28.8. The summed E-state index contributed by atoms with van der Waals surface area (Å²) in [4.78, 5) is 35.2. The van der Waals surface area contributed by atoms with Crippen LogP contribution in [-0.2, 0) is 14.2 Å². The van der Waals surface area contributed by atoms with Crippen molar-refractivity contribution in [2.24, 2.45) is 28.6 Å². The number of epoxide rings is 1. The Hall–Kier alpha value is -4.84. The molecule has 2 aliphatic heterocycles. The number of cyclic esters (lactones) is 2. The molecule has 1 saturated carbocycles. The van der Waals surface area contributed by atoms with Crippen molar-refractivity contribution in [1.82, 2.24) is 9.97 Å². The Morgan fingerprint density at radius 1 is 0.691 bits per heavy atom. The molecule has 0 spiro atoms. The molecule has 0 unspecified atom stereocenters. The molecule has 55 heavy (non-hydrogen) atoms. The van der Waals surface area contributed by atoms with Gasteiger partial charge in [-0.05, 0) is 31.6 Å². The van der Waals surface area contributed by atoms with E-state index >= 15 is 0 Å². The van der Waals surface area contributed by atoms with E-state index in [-0.39, 0.29) is 35.4 Å². The van der Waals surface area contributed by atoms with Crippen LogP contribution < -0.4 is 0 Å². The molecular formula is C44H54N2O9. The summed E-state index contributed by atoms with van der Waals surface area (Å²) in [6.45, 7) is 13.3. The lowest BCUT2D eigenvalue weighted by molar-refractivity contribution is -0.0461. The van der Waals surface area contributed by atoms with Crippen molar-refractivity contribution in [2.75, 3.05) is 0 Å². The average Bonchev–Trinajstić information content (AvgIpc) is 3.82. The fraction of sp³-hybridized carbons (Fsp3) is 0.455. The van der Waals surface area contributed by atoms with Gasteiger partial charge in [0.1, 0.15) is 36.9 Å². The standard InChI is InChI=1S/C44H54N2O9/c1-8-16-35(47)43(4,5)37-22-14-19-30-28(3)29(30)18-10-12-24-39-45-32(26-51-39)42(50)55-38(44(6,7)36(48)17-9-2)23-15-21-34-33(53-34)20-11-13-25-40-46-31(27-52-40)41(49)54-37/h8-21,24-30,33-38,47-48H,22-23H2,1-7H3/b16-8+,17-9+,18-10+,19-14-,20-11+,21-15-,24-12-,25-13-/t28-,29+,30-,33-,34+,35-,36-,37-,38-/m0/s1. The van der Waals surface area contributed by atoms with Gasteiger partial charge in [0.15, 0.2) is 11.4 Å². The topological polar surface area (TPSA) is 158 Å². The van der Waals surface area contributed by atoms with Crippen LogP contribution >= 0.6 is 0 Å². The van der Waals surface area contributed by atoms with Gasteiger partial charge in [-0.3, -0.25) is 0 Å². The monoisotopic (exact) mass is 754 g/mol. The number of ether oxygens (including phenoxy) is 3. The SMILES string of the molecule is C/C=C/[C@H](O)C(C)(C)[C@@H]1C/C=C\[C@H]2O[C@H]2/C=C/C=C\c2nc(co2)C(=O)O[C@H](C(C)(C)[C@@H](O)/C=C/C)C/C=C\[C@H]2[C@@H](C)[C@H]2/C=C/C=C\c2nc(co2)C(=O)O1. The Bertz CT molecular complexity index is 1870. The van der Waals surface area contributed by atoms with Crippen molar-refractivity contribution < 1.29 is 42.8 Å². The maximum atomic E-state index is 13.3. The minimum absolute atomic E-state index is 0.0322. The minimum atomic E-state index is -0.866. The van der Waals surface area contributed by atoms with Crippen molar-refractivity contribution in [3.05, 3.63) is 121 Å². The normalized spacial score (nSPS) is 31.5. The van der Waals surface area contributed by atoms with Crippen LogP contribution in [0.15, 0.2) is 106 Å². The number of oxazole rings is 2. The van der Waals surface area contributed by atoms with E-state index in [0.717, 1.165) is 0 Å². The fourth-order valence-corrected chi connectivity index (χ4v) is 6.46. The zero-order chi connectivity index (χ0) is 39.8. The highest BCUT2D eigenvalue weighted by Gasteiger charge is 2.43. The van der Waals surface area contributed by atoms with E-state index in [9.17, 15) is 19.8 Å². The molecule has 11 nitrogen and oxygen atoms in total. The molecule has 3 aliphatic rings. The molecule has 0 radical (unpaired) electrons. The van der Waals surface area contributed by atoms with Gasteiger partial charge in [-0.15, -0.1) is 0 Å². The van der Waals surface area contributed by atoms with E-state index < -0.39 is 47.2 Å². The van der Waals surface area contributed by atoms with Crippen molar-refractivity contribution >= 4 is 24.1 Å². The summed E-state index contributed by atoms with van der Waals surface area (Å²) in [7, 11) is 0. The molecule has 2 aromatic heterocycles. The fourth-order valence-electron chi connectivity index (χ4n) is 6.46. The van der Waals surface area contributed by atoms with Gasteiger partial charge in [-0.25, -0.2) is 19.6 Å². The van der Waals surface area contributed by atoms with Crippen LogP contribution in [0.25, 0.3) is 12.2 Å². The van der Waals surface area contributed by atoms with Crippen LogP contribution in [0, 0.1) is 28.6 Å². The Morgan fingerprint density at radius 2 is 1.15 bits per heavy atom. The number of carbonyl (C=O) groups is 2. The van der Waals surface area contributed by atoms with E-state index in [1.165, 1.54) is 12.5 Å². The number of aliphatic hydroxyl groups is 2. The number of hydrogen-bond acceptors (Lipinski definition) is 11. The van der Waals surface area contributed by atoms with Crippen LogP contribution in [0.5, 0.6) is 0 Å². The maximum Gasteiger partial charge on any atom is 0.360 e. The summed E-state index contributed by atoms with van der Waals surface area (Å²) in [6, 6.07) is 0. The first-order valence-electron chi connectivity index (χ1n) is 18.9. The molecule has 4 bridgehead atoms. The number of allylic oxidation sites excluding steroid dienone is 8. The minimum Gasteiger partial charge on any atom is -0.457 e. The highest BCUT2D eigenvalue weighted by molar-refractivity contribution is 5.87. The van der Waals surface area contributed by atoms with Crippen LogP contribution in [-0.4, -0.2) is 68.7 Å². The van der Waals surface area contributed by atoms with Gasteiger partial charge in [0, 0.05) is 35.8 Å². The zero-order valence-electron chi connectivity index (χ0n) is 32.6. The number of nitrogens with zero attached hydrogens (tertiary/aromatic N) is 2. The lowest BCUT2D eigenvalue weighted by Crippen LogP contribution is -2.42. The Labute approximate surface area is 323 Å².